The molecule has 1 aliphatic heterocycles. The largest absolute Gasteiger partial charge is 0.368 e. The van der Waals surface area contributed by atoms with Crippen LogP contribution in [0.25, 0.3) is 0 Å². The van der Waals surface area contributed by atoms with Gasteiger partial charge in [0.15, 0.2) is 0 Å². The van der Waals surface area contributed by atoms with Crippen molar-refractivity contribution in [2.75, 3.05) is 37.6 Å². The van der Waals surface area contributed by atoms with Crippen LogP contribution in [0.2, 0.25) is 0 Å². The highest BCUT2D eigenvalue weighted by Gasteiger charge is 2.22. The highest BCUT2D eigenvalue weighted by atomic mass is 32.1. The Morgan fingerprint density at radius 1 is 1.08 bits per heavy atom. The van der Waals surface area contributed by atoms with Crippen LogP contribution in [0, 0.1) is 13.8 Å². The van der Waals surface area contributed by atoms with Crippen LogP contribution >= 0.6 is 11.3 Å². The number of piperazine rings is 1. The summed E-state index contributed by atoms with van der Waals surface area (Å²) in [6, 6.07) is 9.92. The molecular formula is C19H23N3O2S. The maximum Gasteiger partial charge on any atom is 0.261 e. The molecule has 0 saturated carbocycles. The fraction of sp³-hybridized carbons (Fsp3) is 0.368. The predicted molar refractivity (Wildman–Crippen MR) is 101 cm³/mol. The number of amides is 2. The van der Waals surface area contributed by atoms with Crippen LogP contribution in [0.15, 0.2) is 35.7 Å². The smallest absolute Gasteiger partial charge is 0.261 e. The van der Waals surface area contributed by atoms with Crippen LogP contribution in [0.3, 0.4) is 0 Å². The molecule has 0 unspecified atom stereocenters. The van der Waals surface area contributed by atoms with Gasteiger partial charge in [-0.05, 0) is 42.5 Å². The highest BCUT2D eigenvalue weighted by Crippen LogP contribution is 2.23. The van der Waals surface area contributed by atoms with Crippen molar-refractivity contribution < 1.29 is 9.59 Å². The molecule has 0 spiro atoms. The fourth-order valence-electron chi connectivity index (χ4n) is 3.04. The average Bonchev–Trinajstić information content (AvgIpc) is 3.17. The molecule has 6 heteroatoms. The van der Waals surface area contributed by atoms with Crippen LogP contribution in [0.4, 0.5) is 5.69 Å². The molecule has 1 aliphatic rings. The number of nitrogens with one attached hydrogen (secondary N) is 1. The molecular weight excluding hydrogens is 334 g/mol. The van der Waals surface area contributed by atoms with Gasteiger partial charge in [-0.25, -0.2) is 0 Å². The maximum atomic E-state index is 12.3. The number of carbonyl (C=O) groups excluding carboxylic acids is 2. The van der Waals surface area contributed by atoms with Crippen molar-refractivity contribution in [2.24, 2.45) is 0 Å². The minimum atomic E-state index is -0.183. The molecule has 1 aromatic carbocycles. The van der Waals surface area contributed by atoms with Gasteiger partial charge in [0, 0.05) is 31.9 Å². The zero-order chi connectivity index (χ0) is 17.8. The minimum absolute atomic E-state index is 0.0227. The van der Waals surface area contributed by atoms with Gasteiger partial charge in [0.1, 0.15) is 0 Å². The van der Waals surface area contributed by atoms with Gasteiger partial charge >= 0.3 is 0 Å². The van der Waals surface area contributed by atoms with Crippen LogP contribution in [-0.4, -0.2) is 49.4 Å². The third kappa shape index (κ3) is 4.02. The van der Waals surface area contributed by atoms with Gasteiger partial charge in [0.25, 0.3) is 5.91 Å². The van der Waals surface area contributed by atoms with Crippen molar-refractivity contribution >= 4 is 28.8 Å². The Hall–Kier alpha value is -2.34. The molecule has 0 bridgehead atoms. The molecule has 0 aliphatic carbocycles. The van der Waals surface area contributed by atoms with Crippen molar-refractivity contribution in [1.82, 2.24) is 10.2 Å². The summed E-state index contributed by atoms with van der Waals surface area (Å²) in [5, 5.41) is 4.56. The molecule has 1 N–H and O–H groups in total. The number of rotatable bonds is 4. The molecule has 2 heterocycles. The van der Waals surface area contributed by atoms with Crippen molar-refractivity contribution in [3.05, 3.63) is 51.7 Å². The number of hydrogen-bond acceptors (Lipinski definition) is 4. The van der Waals surface area contributed by atoms with Crippen LogP contribution in [-0.2, 0) is 4.79 Å². The van der Waals surface area contributed by atoms with Crippen LogP contribution < -0.4 is 10.2 Å². The zero-order valence-corrected chi connectivity index (χ0v) is 15.4. The van der Waals surface area contributed by atoms with Gasteiger partial charge < -0.3 is 15.1 Å². The van der Waals surface area contributed by atoms with E-state index in [1.807, 2.05) is 16.3 Å². The molecule has 2 amide bonds. The van der Waals surface area contributed by atoms with Crippen molar-refractivity contribution in [3.63, 3.8) is 0 Å². The molecule has 3 rings (SSSR count). The number of thiophene rings is 1. The lowest BCUT2D eigenvalue weighted by Crippen LogP contribution is -2.51. The molecule has 132 valence electrons. The summed E-state index contributed by atoms with van der Waals surface area (Å²) >= 11 is 1.38. The van der Waals surface area contributed by atoms with Gasteiger partial charge in [-0.3, -0.25) is 9.59 Å². The number of hydrogen-bond donors (Lipinski definition) is 1. The number of carbonyl (C=O) groups is 2. The second-order valence-corrected chi connectivity index (χ2v) is 7.19. The summed E-state index contributed by atoms with van der Waals surface area (Å²) in [5.74, 6) is -0.206. The SMILES string of the molecule is Cc1cccc(N2CCN(C(=O)CNC(=O)c3cccs3)CC2)c1C. The summed E-state index contributed by atoms with van der Waals surface area (Å²) in [5.41, 5.74) is 3.83. The molecule has 1 aromatic heterocycles. The maximum absolute atomic E-state index is 12.3. The lowest BCUT2D eigenvalue weighted by Gasteiger charge is -2.37. The number of aryl methyl sites for hydroxylation is 1. The quantitative estimate of drug-likeness (QED) is 0.914. The van der Waals surface area contributed by atoms with E-state index in [4.69, 9.17) is 0 Å². The molecule has 0 radical (unpaired) electrons. The van der Waals surface area contributed by atoms with Crippen LogP contribution in [0.5, 0.6) is 0 Å². The van der Waals surface area contributed by atoms with E-state index in [9.17, 15) is 9.59 Å². The topological polar surface area (TPSA) is 52.6 Å². The molecule has 5 nitrogen and oxygen atoms in total. The van der Waals surface area contributed by atoms with Crippen molar-refractivity contribution in [2.45, 2.75) is 13.8 Å². The highest BCUT2D eigenvalue weighted by molar-refractivity contribution is 7.12. The van der Waals surface area contributed by atoms with Crippen LogP contribution in [0.1, 0.15) is 20.8 Å². The average molecular weight is 357 g/mol. The number of nitrogens with zero attached hydrogens (tertiary/aromatic N) is 2. The summed E-state index contributed by atoms with van der Waals surface area (Å²) in [7, 11) is 0. The minimum Gasteiger partial charge on any atom is -0.368 e. The summed E-state index contributed by atoms with van der Waals surface area (Å²) in [6.45, 7) is 7.31. The second kappa shape index (κ2) is 7.70. The molecule has 25 heavy (non-hydrogen) atoms. The lowest BCUT2D eigenvalue weighted by molar-refractivity contribution is -0.130. The zero-order valence-electron chi connectivity index (χ0n) is 14.6. The number of benzene rings is 1. The molecule has 2 aromatic rings. The monoisotopic (exact) mass is 357 g/mol. The first kappa shape index (κ1) is 17.5. The summed E-state index contributed by atoms with van der Waals surface area (Å²) < 4.78 is 0. The standard InChI is InChI=1S/C19H23N3O2S/c1-14-5-3-6-16(15(14)2)21-8-10-22(11-9-21)18(23)13-20-19(24)17-7-4-12-25-17/h3-7,12H,8-11,13H2,1-2H3,(H,20,24). The van der Waals surface area contributed by atoms with E-state index in [0.717, 1.165) is 13.1 Å². The van der Waals surface area contributed by atoms with Gasteiger partial charge in [0.05, 0.1) is 11.4 Å². The normalized spacial score (nSPS) is 14.5. The Labute approximate surface area is 152 Å². The first-order valence-corrected chi connectivity index (χ1v) is 9.35. The molecule has 1 fully saturated rings. The molecule has 1 saturated heterocycles. The molecule has 0 atom stereocenters. The van der Waals surface area contributed by atoms with Gasteiger partial charge in [-0.1, -0.05) is 18.2 Å². The Bertz CT molecular complexity index is 750. The Morgan fingerprint density at radius 2 is 1.84 bits per heavy atom. The van der Waals surface area contributed by atoms with Gasteiger partial charge in [-0.2, -0.15) is 0 Å². The Kier molecular flexibility index (Phi) is 5.38. The first-order valence-electron chi connectivity index (χ1n) is 8.47. The Morgan fingerprint density at radius 3 is 2.52 bits per heavy atom. The van der Waals surface area contributed by atoms with E-state index in [-0.39, 0.29) is 18.4 Å². The summed E-state index contributed by atoms with van der Waals surface area (Å²) in [4.78, 5) is 29.0. The van der Waals surface area contributed by atoms with Gasteiger partial charge in [0.2, 0.25) is 5.91 Å². The number of anilines is 1. The second-order valence-electron chi connectivity index (χ2n) is 6.25. The third-order valence-electron chi connectivity index (χ3n) is 4.69. The van der Waals surface area contributed by atoms with E-state index in [0.29, 0.717) is 18.0 Å². The van der Waals surface area contributed by atoms with E-state index in [1.165, 1.54) is 28.2 Å². The fourth-order valence-corrected chi connectivity index (χ4v) is 3.68. The first-order chi connectivity index (χ1) is 12.1. The van der Waals surface area contributed by atoms with Crippen molar-refractivity contribution in [3.8, 4) is 0 Å². The summed E-state index contributed by atoms with van der Waals surface area (Å²) in [6.07, 6.45) is 0. The van der Waals surface area contributed by atoms with E-state index < -0.39 is 0 Å². The van der Waals surface area contributed by atoms with E-state index in [1.54, 1.807) is 6.07 Å². The van der Waals surface area contributed by atoms with E-state index >= 15 is 0 Å². The third-order valence-corrected chi connectivity index (χ3v) is 5.56. The predicted octanol–water partition coefficient (Wildman–Crippen LogP) is 2.44. The van der Waals surface area contributed by atoms with E-state index in [2.05, 4.69) is 42.3 Å². The van der Waals surface area contributed by atoms with Gasteiger partial charge in [-0.15, -0.1) is 11.3 Å². The lowest BCUT2D eigenvalue weighted by atomic mass is 10.1. The Balaban J connectivity index is 1.51. The van der Waals surface area contributed by atoms with Crippen molar-refractivity contribution in [1.29, 1.82) is 0 Å².